The van der Waals surface area contributed by atoms with Crippen LogP contribution in [0.25, 0.3) is 5.57 Å². The Hall–Kier alpha value is -1.98. The summed E-state index contributed by atoms with van der Waals surface area (Å²) in [5.41, 5.74) is -2.19. The lowest BCUT2D eigenvalue weighted by atomic mass is 9.91. The summed E-state index contributed by atoms with van der Waals surface area (Å²) in [6.07, 6.45) is -7.69. The van der Waals surface area contributed by atoms with Gasteiger partial charge in [-0.3, -0.25) is 0 Å². The van der Waals surface area contributed by atoms with Gasteiger partial charge in [-0.2, -0.15) is 26.3 Å². The lowest BCUT2D eigenvalue weighted by Gasteiger charge is -2.21. The molecule has 1 aliphatic carbocycles. The fourth-order valence-corrected chi connectivity index (χ4v) is 2.15. The second-order valence-corrected chi connectivity index (χ2v) is 4.49. The van der Waals surface area contributed by atoms with E-state index in [0.717, 1.165) is 6.08 Å². The number of hydrogen-bond acceptors (Lipinski definition) is 0. The molecule has 0 saturated heterocycles. The van der Waals surface area contributed by atoms with Crippen LogP contribution < -0.4 is 0 Å². The number of rotatable bonds is 1. The Balaban J connectivity index is 2.45. The van der Waals surface area contributed by atoms with E-state index in [1.54, 1.807) is 30.3 Å². The first-order valence-electron chi connectivity index (χ1n) is 6.00. The third-order valence-electron chi connectivity index (χ3n) is 3.01. The zero-order valence-electron chi connectivity index (χ0n) is 10.6. The van der Waals surface area contributed by atoms with Crippen LogP contribution in [0.2, 0.25) is 0 Å². The van der Waals surface area contributed by atoms with Crippen molar-refractivity contribution in [2.45, 2.75) is 18.8 Å². The van der Waals surface area contributed by atoms with Gasteiger partial charge in [0.1, 0.15) is 5.57 Å². The van der Waals surface area contributed by atoms with Crippen molar-refractivity contribution < 1.29 is 26.3 Å². The fraction of sp³-hybridized carbons (Fsp3) is 0.200. The molecule has 1 aliphatic rings. The summed E-state index contributed by atoms with van der Waals surface area (Å²) in [4.78, 5) is 0. The quantitative estimate of drug-likeness (QED) is 0.605. The minimum atomic E-state index is -5.43. The average Bonchev–Trinajstić information content (AvgIpc) is 2.37. The third-order valence-corrected chi connectivity index (χ3v) is 3.01. The van der Waals surface area contributed by atoms with Crippen LogP contribution in [-0.2, 0) is 0 Å². The molecule has 0 N–H and O–H groups in total. The monoisotopic (exact) mass is 304 g/mol. The SMILES string of the molecule is FC(F)(F)C(=C1C=CC=C(c2ccccc2)C1)C(F)(F)F. The molecule has 0 aromatic heterocycles. The Labute approximate surface area is 117 Å². The molecule has 112 valence electrons. The lowest BCUT2D eigenvalue weighted by molar-refractivity contribution is -0.172. The molecular formula is C15H10F6. The van der Waals surface area contributed by atoms with Crippen molar-refractivity contribution in [1.82, 2.24) is 0 Å². The van der Waals surface area contributed by atoms with Gasteiger partial charge in [-0.15, -0.1) is 0 Å². The van der Waals surface area contributed by atoms with Gasteiger partial charge in [-0.05, 0) is 23.1 Å². The molecule has 0 atom stereocenters. The maximum absolute atomic E-state index is 12.7. The minimum Gasteiger partial charge on any atom is -0.166 e. The average molecular weight is 304 g/mol. The van der Waals surface area contributed by atoms with Crippen molar-refractivity contribution in [1.29, 1.82) is 0 Å². The van der Waals surface area contributed by atoms with E-state index in [4.69, 9.17) is 0 Å². The Kier molecular flexibility index (Phi) is 3.98. The molecule has 0 fully saturated rings. The summed E-state index contributed by atoms with van der Waals surface area (Å²) in [5.74, 6) is 0. The molecule has 6 heteroatoms. The maximum atomic E-state index is 12.7. The molecule has 0 aliphatic heterocycles. The lowest BCUT2D eigenvalue weighted by Crippen LogP contribution is -2.28. The highest BCUT2D eigenvalue weighted by Gasteiger charge is 2.52. The Morgan fingerprint density at radius 2 is 1.43 bits per heavy atom. The number of halogens is 6. The zero-order chi connectivity index (χ0) is 15.7. The summed E-state index contributed by atoms with van der Waals surface area (Å²) in [6.45, 7) is 0. The molecule has 0 spiro atoms. The van der Waals surface area contributed by atoms with Crippen molar-refractivity contribution >= 4 is 5.57 Å². The van der Waals surface area contributed by atoms with Crippen LogP contribution in [0.4, 0.5) is 26.3 Å². The van der Waals surface area contributed by atoms with Crippen LogP contribution >= 0.6 is 0 Å². The van der Waals surface area contributed by atoms with E-state index in [1.807, 2.05) is 0 Å². The van der Waals surface area contributed by atoms with Crippen molar-refractivity contribution in [2.75, 3.05) is 0 Å². The molecule has 0 heterocycles. The molecule has 0 saturated carbocycles. The zero-order valence-corrected chi connectivity index (χ0v) is 10.6. The van der Waals surface area contributed by atoms with Crippen LogP contribution in [-0.4, -0.2) is 12.4 Å². The molecule has 0 nitrogen and oxygen atoms in total. The minimum absolute atomic E-state index is 0.408. The number of allylic oxidation sites excluding steroid dienone is 6. The summed E-state index contributed by atoms with van der Waals surface area (Å²) >= 11 is 0. The molecule has 1 aromatic carbocycles. The second-order valence-electron chi connectivity index (χ2n) is 4.49. The van der Waals surface area contributed by atoms with E-state index >= 15 is 0 Å². The number of benzene rings is 1. The van der Waals surface area contributed by atoms with Crippen molar-refractivity contribution in [2.24, 2.45) is 0 Å². The van der Waals surface area contributed by atoms with Gasteiger partial charge in [0, 0.05) is 0 Å². The van der Waals surface area contributed by atoms with Gasteiger partial charge >= 0.3 is 12.4 Å². The van der Waals surface area contributed by atoms with Gasteiger partial charge < -0.3 is 0 Å². The van der Waals surface area contributed by atoms with Crippen LogP contribution in [0, 0.1) is 0 Å². The third kappa shape index (κ3) is 3.56. The Morgan fingerprint density at radius 3 is 1.95 bits per heavy atom. The molecule has 2 rings (SSSR count). The van der Waals surface area contributed by atoms with E-state index in [-0.39, 0.29) is 0 Å². The van der Waals surface area contributed by atoms with E-state index < -0.39 is 29.9 Å². The summed E-state index contributed by atoms with van der Waals surface area (Å²) < 4.78 is 76.2. The topological polar surface area (TPSA) is 0 Å². The van der Waals surface area contributed by atoms with Crippen LogP contribution in [0.15, 0.2) is 59.7 Å². The largest absolute Gasteiger partial charge is 0.421 e. The first-order chi connectivity index (χ1) is 9.69. The second kappa shape index (κ2) is 5.42. The maximum Gasteiger partial charge on any atom is 0.421 e. The smallest absolute Gasteiger partial charge is 0.166 e. The predicted octanol–water partition coefficient (Wildman–Crippen LogP) is 5.45. The van der Waals surface area contributed by atoms with E-state index in [9.17, 15) is 26.3 Å². The molecule has 0 amide bonds. The normalized spacial score (nSPS) is 15.9. The van der Waals surface area contributed by atoms with Crippen molar-refractivity contribution in [3.63, 3.8) is 0 Å². The van der Waals surface area contributed by atoms with Gasteiger partial charge in [0.2, 0.25) is 0 Å². The molecular weight excluding hydrogens is 294 g/mol. The summed E-state index contributed by atoms with van der Waals surface area (Å²) in [7, 11) is 0. The van der Waals surface area contributed by atoms with Crippen LogP contribution in [0.1, 0.15) is 12.0 Å². The van der Waals surface area contributed by atoms with E-state index in [0.29, 0.717) is 11.1 Å². The number of hydrogen-bond donors (Lipinski definition) is 0. The molecule has 21 heavy (non-hydrogen) atoms. The molecule has 0 unspecified atom stereocenters. The molecule has 0 bridgehead atoms. The van der Waals surface area contributed by atoms with Crippen LogP contribution in [0.3, 0.4) is 0 Å². The van der Waals surface area contributed by atoms with Gasteiger partial charge in [-0.25, -0.2) is 0 Å². The fourth-order valence-electron chi connectivity index (χ4n) is 2.15. The highest BCUT2D eigenvalue weighted by atomic mass is 19.4. The first-order valence-corrected chi connectivity index (χ1v) is 6.00. The number of alkyl halides is 6. The van der Waals surface area contributed by atoms with Gasteiger partial charge in [0.05, 0.1) is 0 Å². The van der Waals surface area contributed by atoms with E-state index in [2.05, 4.69) is 0 Å². The summed E-state index contributed by atoms with van der Waals surface area (Å²) in [6, 6.07) is 8.35. The highest BCUT2D eigenvalue weighted by Crippen LogP contribution is 2.43. The van der Waals surface area contributed by atoms with Crippen molar-refractivity contribution in [3.8, 4) is 0 Å². The van der Waals surface area contributed by atoms with E-state index in [1.165, 1.54) is 12.2 Å². The molecule has 1 aromatic rings. The van der Waals surface area contributed by atoms with Crippen LogP contribution in [0.5, 0.6) is 0 Å². The Bertz CT molecular complexity index is 583. The van der Waals surface area contributed by atoms with Gasteiger partial charge in [-0.1, -0.05) is 48.6 Å². The first kappa shape index (κ1) is 15.4. The Morgan fingerprint density at radius 1 is 0.857 bits per heavy atom. The molecule has 0 radical (unpaired) electrons. The standard InChI is InChI=1S/C15H10F6/c16-14(17,18)13(15(19,20)21)12-8-4-7-11(9-12)10-5-2-1-3-6-10/h1-8H,9H2. The summed E-state index contributed by atoms with van der Waals surface area (Å²) in [5, 5.41) is 0. The van der Waals surface area contributed by atoms with Gasteiger partial charge in [0.15, 0.2) is 0 Å². The predicted molar refractivity (Wildman–Crippen MR) is 67.3 cm³/mol. The van der Waals surface area contributed by atoms with Gasteiger partial charge in [0.25, 0.3) is 0 Å². The highest BCUT2D eigenvalue weighted by molar-refractivity contribution is 5.72. The van der Waals surface area contributed by atoms with Crippen molar-refractivity contribution in [3.05, 3.63) is 65.3 Å².